The molecule has 0 bridgehead atoms. The zero-order chi connectivity index (χ0) is 22.3. The lowest BCUT2D eigenvalue weighted by molar-refractivity contribution is -0.138. The van der Waals surface area contributed by atoms with E-state index in [2.05, 4.69) is 25.7 Å². The minimum atomic E-state index is -0.889. The minimum absolute atomic E-state index is 0.0195. The number of nitrogens with one attached hydrogen (secondary N) is 1. The molecule has 2 aromatic rings. The molecule has 0 unspecified atom stereocenters. The highest BCUT2D eigenvalue weighted by molar-refractivity contribution is 5.76. The summed E-state index contributed by atoms with van der Waals surface area (Å²) >= 11 is 0. The highest BCUT2D eigenvalue weighted by atomic mass is 16.5. The lowest BCUT2D eigenvalue weighted by Gasteiger charge is -2.08. The van der Waals surface area contributed by atoms with Gasteiger partial charge >= 0.3 is 5.97 Å². The lowest BCUT2D eigenvalue weighted by Crippen LogP contribution is -2.24. The Bertz CT molecular complexity index is 801. The highest BCUT2D eigenvalue weighted by Gasteiger charge is 2.05. The molecule has 0 aliphatic carbocycles. The second-order valence-corrected chi connectivity index (χ2v) is 6.48. The van der Waals surface area contributed by atoms with Gasteiger partial charge in [0.25, 0.3) is 0 Å². The van der Waals surface area contributed by atoms with Crippen LogP contribution >= 0.6 is 0 Å². The van der Waals surface area contributed by atoms with E-state index < -0.39 is 5.97 Å². The van der Waals surface area contributed by atoms with Gasteiger partial charge in [0.1, 0.15) is 0 Å². The number of carboxylic acids is 1. The second kappa shape index (κ2) is 14.1. The molecular formula is C20H27N5O6. The molecular weight excluding hydrogens is 406 g/mol. The fourth-order valence-electron chi connectivity index (χ4n) is 2.32. The number of carbonyl (C=O) groups excluding carboxylic acids is 1. The maximum atomic E-state index is 11.9. The number of carboxylic acid groups (broad SMARTS) is 1. The van der Waals surface area contributed by atoms with Gasteiger partial charge in [0.15, 0.2) is 5.82 Å². The molecule has 0 atom stereocenters. The van der Waals surface area contributed by atoms with Gasteiger partial charge in [0, 0.05) is 18.5 Å². The quantitative estimate of drug-likeness (QED) is 0.386. The Morgan fingerprint density at radius 1 is 0.839 bits per heavy atom. The van der Waals surface area contributed by atoms with E-state index in [4.69, 9.17) is 19.3 Å². The Labute approximate surface area is 180 Å². The summed E-state index contributed by atoms with van der Waals surface area (Å²) in [6.07, 6.45) is 0.235. The van der Waals surface area contributed by atoms with E-state index in [0.717, 1.165) is 11.1 Å². The Balaban J connectivity index is 1.49. The summed E-state index contributed by atoms with van der Waals surface area (Å²) in [4.78, 5) is 22.2. The van der Waals surface area contributed by atoms with E-state index in [1.54, 1.807) is 6.92 Å². The summed E-state index contributed by atoms with van der Waals surface area (Å²) < 4.78 is 15.7. The van der Waals surface area contributed by atoms with Crippen LogP contribution in [0.2, 0.25) is 0 Å². The van der Waals surface area contributed by atoms with Gasteiger partial charge in [0.2, 0.25) is 11.7 Å². The molecule has 1 aromatic carbocycles. The van der Waals surface area contributed by atoms with E-state index in [0.29, 0.717) is 51.2 Å². The largest absolute Gasteiger partial charge is 0.481 e. The van der Waals surface area contributed by atoms with Crippen LogP contribution in [0.5, 0.6) is 0 Å². The average molecular weight is 433 g/mol. The zero-order valence-corrected chi connectivity index (χ0v) is 17.5. The number of aliphatic carboxylic acids is 1. The fourth-order valence-corrected chi connectivity index (χ4v) is 2.32. The number of hydrogen-bond acceptors (Lipinski definition) is 9. The summed E-state index contributed by atoms with van der Waals surface area (Å²) in [5, 5.41) is 27.1. The molecule has 1 amide bonds. The second-order valence-electron chi connectivity index (χ2n) is 6.48. The molecule has 1 heterocycles. The molecule has 0 aliphatic heterocycles. The standard InChI is InChI=1S/C20H27N5O6/c1-15-22-24-20(25-23-15)17-4-2-16(3-5-17)14-21-18(26)6-8-29-10-12-31-13-11-30-9-7-19(27)28/h2-5H,6-14H2,1H3,(H,21,26)(H,27,28). The van der Waals surface area contributed by atoms with Gasteiger partial charge in [-0.3, -0.25) is 9.59 Å². The number of ether oxygens (including phenoxy) is 3. The number of carbonyl (C=O) groups is 2. The molecule has 0 spiro atoms. The molecule has 0 aliphatic rings. The first-order valence-electron chi connectivity index (χ1n) is 9.89. The third-order valence-corrected chi connectivity index (χ3v) is 3.96. The normalized spacial score (nSPS) is 10.7. The number of amides is 1. The van der Waals surface area contributed by atoms with Crippen molar-refractivity contribution >= 4 is 11.9 Å². The molecule has 0 radical (unpaired) electrons. The van der Waals surface area contributed by atoms with E-state index in [9.17, 15) is 9.59 Å². The van der Waals surface area contributed by atoms with Crippen LogP contribution in [0.15, 0.2) is 24.3 Å². The molecule has 2 rings (SSSR count). The third kappa shape index (κ3) is 10.5. The number of benzene rings is 1. The van der Waals surface area contributed by atoms with E-state index in [-0.39, 0.29) is 25.4 Å². The van der Waals surface area contributed by atoms with Crippen molar-refractivity contribution < 1.29 is 28.9 Å². The van der Waals surface area contributed by atoms with Crippen molar-refractivity contribution in [3.8, 4) is 11.4 Å². The number of aryl methyl sites for hydroxylation is 1. The van der Waals surface area contributed by atoms with Gasteiger partial charge < -0.3 is 24.6 Å². The molecule has 0 saturated heterocycles. The van der Waals surface area contributed by atoms with Gasteiger partial charge in [-0.25, -0.2) is 0 Å². The van der Waals surface area contributed by atoms with Crippen LogP contribution in [0.4, 0.5) is 0 Å². The summed E-state index contributed by atoms with van der Waals surface area (Å²) in [6.45, 7) is 4.06. The molecule has 31 heavy (non-hydrogen) atoms. The van der Waals surface area contributed by atoms with E-state index >= 15 is 0 Å². The van der Waals surface area contributed by atoms with Crippen molar-refractivity contribution in [2.75, 3.05) is 39.6 Å². The maximum absolute atomic E-state index is 11.9. The predicted octanol–water partition coefficient (Wildman–Crippen LogP) is 0.773. The van der Waals surface area contributed by atoms with Crippen molar-refractivity contribution in [1.29, 1.82) is 0 Å². The van der Waals surface area contributed by atoms with Crippen LogP contribution in [-0.4, -0.2) is 77.0 Å². The van der Waals surface area contributed by atoms with Crippen LogP contribution in [0.1, 0.15) is 24.2 Å². The minimum Gasteiger partial charge on any atom is -0.481 e. The Kier molecular flexibility index (Phi) is 11.0. The Morgan fingerprint density at radius 2 is 1.39 bits per heavy atom. The SMILES string of the molecule is Cc1nnc(-c2ccc(CNC(=O)CCOCCOCCOCCC(=O)O)cc2)nn1. The van der Waals surface area contributed by atoms with Crippen LogP contribution in [0, 0.1) is 6.92 Å². The van der Waals surface area contributed by atoms with Gasteiger partial charge in [-0.2, -0.15) is 0 Å². The number of hydrogen-bond donors (Lipinski definition) is 2. The van der Waals surface area contributed by atoms with Crippen LogP contribution in [-0.2, 0) is 30.3 Å². The monoisotopic (exact) mass is 433 g/mol. The fraction of sp³-hybridized carbons (Fsp3) is 0.500. The predicted molar refractivity (Wildman–Crippen MR) is 109 cm³/mol. The van der Waals surface area contributed by atoms with Gasteiger partial charge in [0.05, 0.1) is 46.1 Å². The number of aromatic nitrogens is 4. The molecule has 0 fully saturated rings. The molecule has 1 aromatic heterocycles. The van der Waals surface area contributed by atoms with Crippen molar-refractivity contribution in [1.82, 2.24) is 25.7 Å². The van der Waals surface area contributed by atoms with Gasteiger partial charge in [-0.1, -0.05) is 24.3 Å². The molecule has 2 N–H and O–H groups in total. The summed E-state index contributed by atoms with van der Waals surface area (Å²) in [6, 6.07) is 7.49. The molecule has 11 heteroatoms. The van der Waals surface area contributed by atoms with Gasteiger partial charge in [-0.05, 0) is 12.5 Å². The summed E-state index contributed by atoms with van der Waals surface area (Å²) in [7, 11) is 0. The van der Waals surface area contributed by atoms with E-state index in [1.807, 2.05) is 24.3 Å². The van der Waals surface area contributed by atoms with Crippen molar-refractivity contribution in [3.05, 3.63) is 35.7 Å². The third-order valence-electron chi connectivity index (χ3n) is 3.96. The first kappa shape index (κ1) is 24.3. The zero-order valence-electron chi connectivity index (χ0n) is 17.5. The molecule has 11 nitrogen and oxygen atoms in total. The molecule has 168 valence electrons. The van der Waals surface area contributed by atoms with Crippen molar-refractivity contribution in [3.63, 3.8) is 0 Å². The van der Waals surface area contributed by atoms with E-state index in [1.165, 1.54) is 0 Å². The summed E-state index contributed by atoms with van der Waals surface area (Å²) in [5.74, 6) is -0.0284. The Hall–Kier alpha value is -3.02. The summed E-state index contributed by atoms with van der Waals surface area (Å²) in [5.41, 5.74) is 1.75. The lowest BCUT2D eigenvalue weighted by atomic mass is 10.1. The van der Waals surface area contributed by atoms with Gasteiger partial charge in [-0.15, -0.1) is 20.4 Å². The smallest absolute Gasteiger partial charge is 0.305 e. The number of rotatable bonds is 15. The average Bonchev–Trinajstić information content (AvgIpc) is 2.77. The number of nitrogens with zero attached hydrogens (tertiary/aromatic N) is 4. The van der Waals surface area contributed by atoms with Crippen LogP contribution in [0.3, 0.4) is 0 Å². The van der Waals surface area contributed by atoms with Crippen molar-refractivity contribution in [2.24, 2.45) is 0 Å². The highest BCUT2D eigenvalue weighted by Crippen LogP contribution is 2.13. The van der Waals surface area contributed by atoms with Crippen LogP contribution < -0.4 is 5.32 Å². The first-order chi connectivity index (χ1) is 15.0. The molecule has 0 saturated carbocycles. The Morgan fingerprint density at radius 3 is 1.97 bits per heavy atom. The van der Waals surface area contributed by atoms with Crippen molar-refractivity contribution in [2.45, 2.75) is 26.3 Å². The van der Waals surface area contributed by atoms with Crippen LogP contribution in [0.25, 0.3) is 11.4 Å². The topological polar surface area (TPSA) is 146 Å². The first-order valence-corrected chi connectivity index (χ1v) is 9.89. The maximum Gasteiger partial charge on any atom is 0.305 e.